The average Bonchev–Trinajstić information content (AvgIpc) is 2.25. The van der Waals surface area contributed by atoms with E-state index in [1.54, 1.807) is 0 Å². The summed E-state index contributed by atoms with van der Waals surface area (Å²) in [7, 11) is 0. The molecule has 0 bridgehead atoms. The van der Waals surface area contributed by atoms with Gasteiger partial charge in [-0.2, -0.15) is 0 Å². The lowest BCUT2D eigenvalue weighted by Gasteiger charge is -1.85. The van der Waals surface area contributed by atoms with Gasteiger partial charge in [0.15, 0.2) is 11.6 Å². The fourth-order valence-electron chi connectivity index (χ4n) is 0.867. The SMILES string of the molecule is Fc1ccccc1F.Sc1ccccc1. The Bertz CT molecular complexity index is 380. The van der Waals surface area contributed by atoms with Gasteiger partial charge in [-0.05, 0) is 24.3 Å². The first kappa shape index (κ1) is 11.7. The Balaban J connectivity index is 0.000000151. The maximum Gasteiger partial charge on any atom is 0.158 e. The molecule has 0 saturated carbocycles. The molecule has 0 spiro atoms. The lowest BCUT2D eigenvalue weighted by atomic mass is 10.3. The third-order valence-electron chi connectivity index (χ3n) is 1.58. The molecule has 15 heavy (non-hydrogen) atoms. The van der Waals surface area contributed by atoms with E-state index in [0.717, 1.165) is 17.0 Å². The van der Waals surface area contributed by atoms with E-state index in [0.29, 0.717) is 0 Å². The lowest BCUT2D eigenvalue weighted by Crippen LogP contribution is -1.77. The molecule has 0 aliphatic heterocycles. The summed E-state index contributed by atoms with van der Waals surface area (Å²) >= 11 is 4.08. The van der Waals surface area contributed by atoms with Crippen LogP contribution in [0.3, 0.4) is 0 Å². The van der Waals surface area contributed by atoms with E-state index in [-0.39, 0.29) is 0 Å². The first-order chi connectivity index (χ1) is 7.20. The van der Waals surface area contributed by atoms with Crippen LogP contribution in [0.2, 0.25) is 0 Å². The van der Waals surface area contributed by atoms with Crippen molar-refractivity contribution in [2.45, 2.75) is 4.90 Å². The number of hydrogen-bond acceptors (Lipinski definition) is 1. The quantitative estimate of drug-likeness (QED) is 0.644. The van der Waals surface area contributed by atoms with Crippen LogP contribution in [0.5, 0.6) is 0 Å². The van der Waals surface area contributed by atoms with Crippen LogP contribution in [-0.4, -0.2) is 0 Å². The van der Waals surface area contributed by atoms with Crippen molar-refractivity contribution >= 4 is 12.6 Å². The van der Waals surface area contributed by atoms with Crippen molar-refractivity contribution in [2.75, 3.05) is 0 Å². The Morgan fingerprint density at radius 1 is 0.667 bits per heavy atom. The highest BCUT2D eigenvalue weighted by molar-refractivity contribution is 7.80. The Morgan fingerprint density at radius 2 is 1.07 bits per heavy atom. The van der Waals surface area contributed by atoms with E-state index in [9.17, 15) is 8.78 Å². The summed E-state index contributed by atoms with van der Waals surface area (Å²) in [6.07, 6.45) is 0. The second-order valence-electron chi connectivity index (χ2n) is 2.75. The molecule has 0 aliphatic carbocycles. The van der Waals surface area contributed by atoms with Gasteiger partial charge in [0.1, 0.15) is 0 Å². The molecule has 0 amide bonds. The third-order valence-corrected chi connectivity index (χ3v) is 1.88. The number of hydrogen-bond donors (Lipinski definition) is 1. The summed E-state index contributed by atoms with van der Waals surface area (Å²) < 4.78 is 23.9. The Kier molecular flexibility index (Phi) is 4.84. The van der Waals surface area contributed by atoms with Gasteiger partial charge in [0.25, 0.3) is 0 Å². The molecule has 2 aromatic rings. The van der Waals surface area contributed by atoms with E-state index < -0.39 is 11.6 Å². The van der Waals surface area contributed by atoms with Crippen LogP contribution < -0.4 is 0 Å². The maximum absolute atomic E-state index is 11.9. The van der Waals surface area contributed by atoms with Crippen molar-refractivity contribution in [3.05, 3.63) is 66.2 Å². The highest BCUT2D eigenvalue weighted by Crippen LogP contribution is 2.01. The predicted octanol–water partition coefficient (Wildman–Crippen LogP) is 3.94. The monoisotopic (exact) mass is 224 g/mol. The molecule has 2 aromatic carbocycles. The molecule has 0 radical (unpaired) electrons. The minimum atomic E-state index is -0.799. The zero-order valence-electron chi connectivity index (χ0n) is 7.90. The molecule has 0 nitrogen and oxygen atoms in total. The van der Waals surface area contributed by atoms with Crippen molar-refractivity contribution in [3.8, 4) is 0 Å². The van der Waals surface area contributed by atoms with E-state index in [4.69, 9.17) is 0 Å². The molecule has 0 saturated heterocycles. The van der Waals surface area contributed by atoms with E-state index in [2.05, 4.69) is 12.6 Å². The van der Waals surface area contributed by atoms with Gasteiger partial charge in [0.05, 0.1) is 0 Å². The topological polar surface area (TPSA) is 0 Å². The Labute approximate surface area is 93.0 Å². The van der Waals surface area contributed by atoms with E-state index >= 15 is 0 Å². The van der Waals surface area contributed by atoms with Crippen LogP contribution in [0.1, 0.15) is 0 Å². The molecule has 0 aliphatic rings. The largest absolute Gasteiger partial charge is 0.204 e. The predicted molar refractivity (Wildman–Crippen MR) is 60.1 cm³/mol. The van der Waals surface area contributed by atoms with Crippen LogP contribution >= 0.6 is 12.6 Å². The van der Waals surface area contributed by atoms with Gasteiger partial charge >= 0.3 is 0 Å². The highest BCUT2D eigenvalue weighted by Gasteiger charge is 1.93. The molecule has 0 fully saturated rings. The smallest absolute Gasteiger partial charge is 0.158 e. The molecule has 0 N–H and O–H groups in total. The third kappa shape index (κ3) is 4.61. The lowest BCUT2D eigenvalue weighted by molar-refractivity contribution is 0.508. The zero-order chi connectivity index (χ0) is 11.1. The first-order valence-corrected chi connectivity index (χ1v) is 4.79. The van der Waals surface area contributed by atoms with Gasteiger partial charge in [-0.15, -0.1) is 12.6 Å². The summed E-state index contributed by atoms with van der Waals surface area (Å²) in [5.74, 6) is -1.60. The molecular weight excluding hydrogens is 214 g/mol. The first-order valence-electron chi connectivity index (χ1n) is 4.34. The molecule has 0 unspecified atom stereocenters. The van der Waals surface area contributed by atoms with Gasteiger partial charge in [-0.3, -0.25) is 0 Å². The van der Waals surface area contributed by atoms with E-state index in [1.165, 1.54) is 12.1 Å². The van der Waals surface area contributed by atoms with Gasteiger partial charge in [0, 0.05) is 4.90 Å². The van der Waals surface area contributed by atoms with Crippen molar-refractivity contribution in [2.24, 2.45) is 0 Å². The molecule has 0 heterocycles. The van der Waals surface area contributed by atoms with Crippen molar-refractivity contribution in [1.82, 2.24) is 0 Å². The molecular formula is C12H10F2S. The molecule has 3 heteroatoms. The van der Waals surface area contributed by atoms with Gasteiger partial charge in [-0.1, -0.05) is 30.3 Å². The second-order valence-corrected chi connectivity index (χ2v) is 3.27. The van der Waals surface area contributed by atoms with Crippen LogP contribution in [0.25, 0.3) is 0 Å². The summed E-state index contributed by atoms with van der Waals surface area (Å²) in [5, 5.41) is 0. The highest BCUT2D eigenvalue weighted by atomic mass is 32.1. The zero-order valence-corrected chi connectivity index (χ0v) is 8.79. The molecule has 78 valence electrons. The van der Waals surface area contributed by atoms with Gasteiger partial charge in [0.2, 0.25) is 0 Å². The van der Waals surface area contributed by atoms with Crippen molar-refractivity contribution in [3.63, 3.8) is 0 Å². The fourth-order valence-corrected chi connectivity index (χ4v) is 1.04. The number of rotatable bonds is 0. The number of halogens is 2. The molecule has 0 atom stereocenters. The minimum absolute atomic E-state index is 0.799. The molecule has 2 rings (SSSR count). The normalized spacial score (nSPS) is 9.00. The fraction of sp³-hybridized carbons (Fsp3) is 0. The summed E-state index contributed by atoms with van der Waals surface area (Å²) in [6.45, 7) is 0. The van der Waals surface area contributed by atoms with Gasteiger partial charge < -0.3 is 0 Å². The van der Waals surface area contributed by atoms with Crippen LogP contribution in [0.15, 0.2) is 59.5 Å². The van der Waals surface area contributed by atoms with Crippen LogP contribution in [0, 0.1) is 11.6 Å². The van der Waals surface area contributed by atoms with Crippen molar-refractivity contribution < 1.29 is 8.78 Å². The van der Waals surface area contributed by atoms with Crippen LogP contribution in [-0.2, 0) is 0 Å². The second kappa shape index (κ2) is 6.19. The average molecular weight is 224 g/mol. The van der Waals surface area contributed by atoms with E-state index in [1.807, 2.05) is 30.3 Å². The Morgan fingerprint density at radius 3 is 1.33 bits per heavy atom. The Hall–Kier alpha value is -1.35. The summed E-state index contributed by atoms with van der Waals surface area (Å²) in [6, 6.07) is 14.8. The summed E-state index contributed by atoms with van der Waals surface area (Å²) in [4.78, 5) is 1.02. The minimum Gasteiger partial charge on any atom is -0.204 e. The van der Waals surface area contributed by atoms with Crippen molar-refractivity contribution in [1.29, 1.82) is 0 Å². The molecule has 0 aromatic heterocycles. The van der Waals surface area contributed by atoms with Crippen LogP contribution in [0.4, 0.5) is 8.78 Å². The van der Waals surface area contributed by atoms with Gasteiger partial charge in [-0.25, -0.2) is 8.78 Å². The number of thiol groups is 1. The standard InChI is InChI=1S/C6H4F2.C6H6S/c7-5-3-1-2-4-6(5)8;7-6-4-2-1-3-5-6/h1-4H;1-5,7H. The number of benzene rings is 2. The summed E-state index contributed by atoms with van der Waals surface area (Å²) in [5.41, 5.74) is 0. The maximum atomic E-state index is 11.9.